The van der Waals surface area contributed by atoms with Crippen molar-refractivity contribution in [3.05, 3.63) is 43.0 Å². The first-order chi connectivity index (χ1) is 9.20. The maximum atomic E-state index is 13.1. The first-order valence-electron chi connectivity index (χ1n) is 5.33. The van der Waals surface area contributed by atoms with Gasteiger partial charge in [0.05, 0.1) is 10.0 Å². The number of alkyl halides is 3. The summed E-state index contributed by atoms with van der Waals surface area (Å²) in [5, 5.41) is 0. The van der Waals surface area contributed by atoms with Crippen LogP contribution >= 0.6 is 44.1 Å². The number of nitrogens with zero attached hydrogens (tertiary/aromatic N) is 1. The number of hydrogen-bond donors (Lipinski definition) is 1. The minimum atomic E-state index is -4.47. The molecule has 1 aromatic heterocycles. The largest absolute Gasteiger partial charge is 0.417 e. The molecule has 0 aliphatic heterocycles. The van der Waals surface area contributed by atoms with E-state index in [0.29, 0.717) is 14.6 Å². The van der Waals surface area contributed by atoms with Crippen LogP contribution in [0, 0.1) is 11.6 Å². The summed E-state index contributed by atoms with van der Waals surface area (Å²) in [7, 11) is 0. The molecule has 20 heavy (non-hydrogen) atoms. The molecular formula is C12H7Br2F3N2S. The van der Waals surface area contributed by atoms with Gasteiger partial charge in [-0.15, -0.1) is 0 Å². The molecule has 0 bridgehead atoms. The van der Waals surface area contributed by atoms with Crippen LogP contribution in [0.3, 0.4) is 0 Å². The highest BCUT2D eigenvalue weighted by Crippen LogP contribution is 2.37. The lowest BCUT2D eigenvalue weighted by Gasteiger charge is -2.13. The molecule has 106 valence electrons. The van der Waals surface area contributed by atoms with Crippen molar-refractivity contribution in [3.63, 3.8) is 0 Å². The quantitative estimate of drug-likeness (QED) is 0.595. The van der Waals surface area contributed by atoms with E-state index in [1.54, 1.807) is 6.92 Å². The van der Waals surface area contributed by atoms with Crippen LogP contribution in [0.5, 0.6) is 0 Å². The second-order valence-electron chi connectivity index (χ2n) is 4.02. The average Bonchev–Trinajstić information content (AvgIpc) is 2.34. The summed E-state index contributed by atoms with van der Waals surface area (Å²) in [6, 6.07) is 3.90. The van der Waals surface area contributed by atoms with Crippen molar-refractivity contribution >= 4 is 44.1 Å². The lowest BCUT2D eigenvalue weighted by atomic mass is 10.1. The van der Waals surface area contributed by atoms with E-state index in [1.807, 2.05) is 0 Å². The van der Waals surface area contributed by atoms with Gasteiger partial charge in [0.2, 0.25) is 0 Å². The Hall–Kier alpha value is -0.730. The SMILES string of the molecule is Cc1[nH]c(-c2ccc(Br)cc2C(F)(F)F)nc(=S)c1Br. The third kappa shape index (κ3) is 3.12. The van der Waals surface area contributed by atoms with Gasteiger partial charge in [0.1, 0.15) is 10.5 Å². The van der Waals surface area contributed by atoms with Crippen molar-refractivity contribution in [1.82, 2.24) is 9.97 Å². The van der Waals surface area contributed by atoms with Crippen LogP contribution in [0.1, 0.15) is 11.3 Å². The highest BCUT2D eigenvalue weighted by Gasteiger charge is 2.34. The number of hydrogen-bond acceptors (Lipinski definition) is 2. The van der Waals surface area contributed by atoms with Gasteiger partial charge in [0.15, 0.2) is 0 Å². The van der Waals surface area contributed by atoms with E-state index < -0.39 is 11.7 Å². The summed E-state index contributed by atoms with van der Waals surface area (Å²) < 4.78 is 40.4. The Morgan fingerprint density at radius 2 is 1.90 bits per heavy atom. The highest BCUT2D eigenvalue weighted by atomic mass is 79.9. The first-order valence-corrected chi connectivity index (χ1v) is 7.33. The summed E-state index contributed by atoms with van der Waals surface area (Å²) in [5.74, 6) is 0.0931. The third-order valence-corrected chi connectivity index (χ3v) is 4.60. The van der Waals surface area contributed by atoms with Crippen molar-refractivity contribution in [2.45, 2.75) is 13.1 Å². The topological polar surface area (TPSA) is 28.7 Å². The standard InChI is InChI=1S/C12H7Br2F3N2S/c1-5-9(14)11(20)19-10(18-5)7-3-2-6(13)4-8(7)12(15,16)17/h2-4H,1H3,(H,18,19,20). The number of aromatic amines is 1. The van der Waals surface area contributed by atoms with Gasteiger partial charge in [0.25, 0.3) is 0 Å². The molecule has 0 saturated carbocycles. The molecule has 0 atom stereocenters. The third-order valence-electron chi connectivity index (χ3n) is 2.58. The van der Waals surface area contributed by atoms with Crippen molar-refractivity contribution < 1.29 is 13.2 Å². The molecule has 0 saturated heterocycles. The Bertz CT molecular complexity index is 726. The summed E-state index contributed by atoms with van der Waals surface area (Å²) in [6.07, 6.45) is -4.47. The van der Waals surface area contributed by atoms with Crippen LogP contribution in [0.15, 0.2) is 27.1 Å². The fourth-order valence-electron chi connectivity index (χ4n) is 1.66. The van der Waals surface area contributed by atoms with Crippen molar-refractivity contribution in [1.29, 1.82) is 0 Å². The van der Waals surface area contributed by atoms with E-state index in [2.05, 4.69) is 41.8 Å². The molecule has 0 fully saturated rings. The monoisotopic (exact) mass is 426 g/mol. The second kappa shape index (κ2) is 5.57. The van der Waals surface area contributed by atoms with E-state index in [9.17, 15) is 13.2 Å². The number of rotatable bonds is 1. The number of aromatic nitrogens is 2. The lowest BCUT2D eigenvalue weighted by Crippen LogP contribution is -2.08. The van der Waals surface area contributed by atoms with Gasteiger partial charge in [-0.3, -0.25) is 0 Å². The number of halogens is 5. The van der Waals surface area contributed by atoms with Gasteiger partial charge in [-0.25, -0.2) is 4.98 Å². The predicted octanol–water partition coefficient (Wildman–Crippen LogP) is 5.66. The molecular weight excluding hydrogens is 421 g/mol. The predicted molar refractivity (Wildman–Crippen MR) is 80.0 cm³/mol. The molecule has 1 aromatic carbocycles. The summed E-state index contributed by atoms with van der Waals surface area (Å²) in [4.78, 5) is 6.83. The Morgan fingerprint density at radius 3 is 2.45 bits per heavy atom. The second-order valence-corrected chi connectivity index (χ2v) is 6.11. The zero-order valence-corrected chi connectivity index (χ0v) is 14.0. The van der Waals surface area contributed by atoms with Crippen LogP contribution in [0.4, 0.5) is 13.2 Å². The maximum absolute atomic E-state index is 13.1. The van der Waals surface area contributed by atoms with Gasteiger partial charge >= 0.3 is 6.18 Å². The molecule has 0 amide bonds. The Labute approximate surface area is 134 Å². The van der Waals surface area contributed by atoms with E-state index in [4.69, 9.17) is 12.2 Å². The zero-order chi connectivity index (χ0) is 15.1. The van der Waals surface area contributed by atoms with E-state index >= 15 is 0 Å². The van der Waals surface area contributed by atoms with Gasteiger partial charge in [0, 0.05) is 15.7 Å². The zero-order valence-electron chi connectivity index (χ0n) is 9.98. The van der Waals surface area contributed by atoms with E-state index in [-0.39, 0.29) is 16.0 Å². The van der Waals surface area contributed by atoms with Crippen molar-refractivity contribution in [2.75, 3.05) is 0 Å². The van der Waals surface area contributed by atoms with Gasteiger partial charge in [-0.1, -0.05) is 28.1 Å². The number of benzene rings is 1. The molecule has 2 rings (SSSR count). The lowest BCUT2D eigenvalue weighted by molar-refractivity contribution is -0.137. The van der Waals surface area contributed by atoms with Crippen LogP contribution in [-0.2, 0) is 6.18 Å². The molecule has 1 N–H and O–H groups in total. The summed E-state index contributed by atoms with van der Waals surface area (Å²) in [5.41, 5.74) is -0.190. The van der Waals surface area contributed by atoms with E-state index in [0.717, 1.165) is 6.07 Å². The fraction of sp³-hybridized carbons (Fsp3) is 0.167. The van der Waals surface area contributed by atoms with Gasteiger partial charge in [-0.05, 0) is 41.1 Å². The average molecular weight is 428 g/mol. The van der Waals surface area contributed by atoms with Crippen LogP contribution in [0.2, 0.25) is 0 Å². The van der Waals surface area contributed by atoms with Gasteiger partial charge < -0.3 is 4.98 Å². The molecule has 0 aliphatic carbocycles. The van der Waals surface area contributed by atoms with Crippen molar-refractivity contribution in [2.24, 2.45) is 0 Å². The smallest absolute Gasteiger partial charge is 0.342 e. The minimum Gasteiger partial charge on any atom is -0.342 e. The minimum absolute atomic E-state index is 0.0394. The number of nitrogens with one attached hydrogen (secondary N) is 1. The van der Waals surface area contributed by atoms with Crippen LogP contribution in [0.25, 0.3) is 11.4 Å². The molecule has 2 nitrogen and oxygen atoms in total. The Balaban J connectivity index is 2.74. The molecule has 2 aromatic rings. The fourth-order valence-corrected chi connectivity index (χ4v) is 2.45. The number of H-pyrrole nitrogens is 1. The first kappa shape index (κ1) is 15.7. The van der Waals surface area contributed by atoms with Crippen molar-refractivity contribution in [3.8, 4) is 11.4 Å². The molecule has 0 spiro atoms. The molecule has 1 heterocycles. The molecule has 0 radical (unpaired) electrons. The van der Waals surface area contributed by atoms with Crippen LogP contribution < -0.4 is 0 Å². The Kier molecular flexibility index (Phi) is 4.36. The normalized spacial score (nSPS) is 11.7. The van der Waals surface area contributed by atoms with Gasteiger partial charge in [-0.2, -0.15) is 13.2 Å². The van der Waals surface area contributed by atoms with Crippen LogP contribution in [-0.4, -0.2) is 9.97 Å². The Morgan fingerprint density at radius 1 is 1.25 bits per heavy atom. The highest BCUT2D eigenvalue weighted by molar-refractivity contribution is 9.10. The molecule has 0 unspecified atom stereocenters. The number of aryl methyl sites for hydroxylation is 1. The molecule has 0 aliphatic rings. The maximum Gasteiger partial charge on any atom is 0.417 e. The summed E-state index contributed by atoms with van der Waals surface area (Å²) in [6.45, 7) is 1.71. The van der Waals surface area contributed by atoms with E-state index in [1.165, 1.54) is 12.1 Å². The molecule has 8 heteroatoms. The summed E-state index contributed by atoms with van der Waals surface area (Å²) >= 11 is 11.3.